The first-order chi connectivity index (χ1) is 11.5. The highest BCUT2D eigenvalue weighted by atomic mass is 35.5. The number of H-pyrrole nitrogens is 1. The summed E-state index contributed by atoms with van der Waals surface area (Å²) >= 11 is 13.1. The van der Waals surface area contributed by atoms with Gasteiger partial charge in [0.05, 0.1) is 20.6 Å². The maximum atomic E-state index is 12.2. The topological polar surface area (TPSA) is 70.1 Å². The van der Waals surface area contributed by atoms with Crippen molar-refractivity contribution < 1.29 is 4.79 Å². The average molecular weight is 379 g/mol. The van der Waals surface area contributed by atoms with E-state index in [0.717, 1.165) is 10.4 Å². The summed E-state index contributed by atoms with van der Waals surface area (Å²) in [6, 6.07) is 12.5. The lowest BCUT2D eigenvalue weighted by Gasteiger charge is -1.98. The summed E-state index contributed by atoms with van der Waals surface area (Å²) in [6.07, 6.45) is 0. The molecule has 0 aliphatic carbocycles. The predicted octanol–water partition coefficient (Wildman–Crippen LogP) is 4.60. The normalized spacial score (nSPS) is 11.5. The third kappa shape index (κ3) is 3.84. The fourth-order valence-corrected chi connectivity index (χ4v) is 3.08. The van der Waals surface area contributed by atoms with Gasteiger partial charge in [0.15, 0.2) is 0 Å². The zero-order valence-corrected chi connectivity index (χ0v) is 14.8. The van der Waals surface area contributed by atoms with E-state index in [-0.39, 0.29) is 5.91 Å². The summed E-state index contributed by atoms with van der Waals surface area (Å²) in [7, 11) is 0. The first-order valence-electron chi connectivity index (χ1n) is 6.94. The number of hydrogen-bond acceptors (Lipinski definition) is 4. The fraction of sp³-hybridized carbons (Fsp3) is 0.0625. The molecule has 2 aromatic heterocycles. The molecule has 0 radical (unpaired) electrons. The summed E-state index contributed by atoms with van der Waals surface area (Å²) in [5, 5.41) is 11.6. The second-order valence-corrected chi connectivity index (χ2v) is 7.07. The van der Waals surface area contributed by atoms with Gasteiger partial charge in [-0.25, -0.2) is 5.43 Å². The van der Waals surface area contributed by atoms with Crippen LogP contribution in [0.15, 0.2) is 47.6 Å². The highest BCUT2D eigenvalue weighted by Crippen LogP contribution is 2.22. The molecule has 0 saturated heterocycles. The van der Waals surface area contributed by atoms with Crippen molar-refractivity contribution in [3.63, 3.8) is 0 Å². The van der Waals surface area contributed by atoms with Crippen molar-refractivity contribution in [2.75, 3.05) is 0 Å². The molecule has 1 amide bonds. The van der Waals surface area contributed by atoms with E-state index in [1.807, 2.05) is 18.2 Å². The van der Waals surface area contributed by atoms with Gasteiger partial charge in [0, 0.05) is 10.6 Å². The molecule has 5 nitrogen and oxygen atoms in total. The van der Waals surface area contributed by atoms with Crippen molar-refractivity contribution >= 4 is 46.2 Å². The predicted molar refractivity (Wildman–Crippen MR) is 98.0 cm³/mol. The van der Waals surface area contributed by atoms with Crippen molar-refractivity contribution in [3.8, 4) is 11.3 Å². The summed E-state index contributed by atoms with van der Waals surface area (Å²) in [5.41, 5.74) is 5.02. The van der Waals surface area contributed by atoms with Crippen LogP contribution in [0.3, 0.4) is 0 Å². The molecule has 1 aromatic carbocycles. The van der Waals surface area contributed by atoms with E-state index < -0.39 is 0 Å². The Kier molecular flexibility index (Phi) is 4.99. The van der Waals surface area contributed by atoms with E-state index in [9.17, 15) is 4.79 Å². The molecule has 8 heteroatoms. The second-order valence-electron chi connectivity index (χ2n) is 4.92. The number of amides is 1. The van der Waals surface area contributed by atoms with E-state index in [2.05, 4.69) is 20.7 Å². The zero-order valence-electron chi connectivity index (χ0n) is 12.5. The van der Waals surface area contributed by atoms with Crippen LogP contribution in [0.25, 0.3) is 11.3 Å². The molecule has 0 aliphatic heterocycles. The number of carbonyl (C=O) groups is 1. The summed E-state index contributed by atoms with van der Waals surface area (Å²) in [6.45, 7) is 1.80. The quantitative estimate of drug-likeness (QED) is 0.514. The Morgan fingerprint density at radius 1 is 1.21 bits per heavy atom. The Morgan fingerprint density at radius 3 is 2.62 bits per heavy atom. The molecule has 0 saturated carbocycles. The van der Waals surface area contributed by atoms with Crippen LogP contribution in [-0.4, -0.2) is 21.8 Å². The maximum Gasteiger partial charge on any atom is 0.289 e. The number of aromatic amines is 1. The minimum absolute atomic E-state index is 0.320. The second kappa shape index (κ2) is 7.17. The molecule has 0 unspecified atom stereocenters. The first kappa shape index (κ1) is 16.7. The SMILES string of the molecule is CC(=NNC(=O)c1cc(-c2ccc(Cl)cc2)n[nH]1)c1ccc(Cl)s1. The number of aromatic nitrogens is 2. The van der Waals surface area contributed by atoms with Crippen LogP contribution in [0.5, 0.6) is 0 Å². The Hall–Kier alpha value is -2.15. The highest BCUT2D eigenvalue weighted by molar-refractivity contribution is 7.18. The van der Waals surface area contributed by atoms with Gasteiger partial charge in [-0.1, -0.05) is 35.3 Å². The molecule has 3 aromatic rings. The average Bonchev–Trinajstić information content (AvgIpc) is 3.22. The minimum atomic E-state index is -0.371. The third-order valence-electron chi connectivity index (χ3n) is 3.22. The van der Waals surface area contributed by atoms with Gasteiger partial charge >= 0.3 is 0 Å². The van der Waals surface area contributed by atoms with Crippen LogP contribution in [0, 0.1) is 0 Å². The monoisotopic (exact) mass is 378 g/mol. The van der Waals surface area contributed by atoms with Crippen molar-refractivity contribution in [2.24, 2.45) is 5.10 Å². The van der Waals surface area contributed by atoms with Crippen molar-refractivity contribution in [2.45, 2.75) is 6.92 Å². The Balaban J connectivity index is 1.71. The van der Waals surface area contributed by atoms with E-state index in [1.54, 1.807) is 31.2 Å². The fourth-order valence-electron chi connectivity index (χ4n) is 1.97. The Bertz CT molecular complexity index is 899. The summed E-state index contributed by atoms with van der Waals surface area (Å²) in [5.74, 6) is -0.371. The highest BCUT2D eigenvalue weighted by Gasteiger charge is 2.11. The number of rotatable bonds is 4. The number of nitrogens with zero attached hydrogens (tertiary/aromatic N) is 2. The molecule has 24 heavy (non-hydrogen) atoms. The molecule has 2 N–H and O–H groups in total. The lowest BCUT2D eigenvalue weighted by atomic mass is 10.1. The lowest BCUT2D eigenvalue weighted by molar-refractivity contribution is 0.0950. The van der Waals surface area contributed by atoms with Crippen LogP contribution in [0.1, 0.15) is 22.3 Å². The number of nitrogens with one attached hydrogen (secondary N) is 2. The molecule has 0 spiro atoms. The van der Waals surface area contributed by atoms with Crippen molar-refractivity contribution in [1.82, 2.24) is 15.6 Å². The van der Waals surface area contributed by atoms with Gasteiger partial charge in [-0.05, 0) is 37.3 Å². The molecule has 0 atom stereocenters. The van der Waals surface area contributed by atoms with Gasteiger partial charge in [-0.15, -0.1) is 11.3 Å². The number of hydrogen-bond donors (Lipinski definition) is 2. The van der Waals surface area contributed by atoms with Gasteiger partial charge in [0.25, 0.3) is 5.91 Å². The molecular weight excluding hydrogens is 367 g/mol. The van der Waals surface area contributed by atoms with Crippen LogP contribution < -0.4 is 5.43 Å². The Labute approximate surface area is 152 Å². The van der Waals surface area contributed by atoms with Crippen LogP contribution >= 0.6 is 34.5 Å². The van der Waals surface area contributed by atoms with E-state index in [0.29, 0.717) is 26.5 Å². The number of carbonyl (C=O) groups excluding carboxylic acids is 1. The minimum Gasteiger partial charge on any atom is -0.272 e. The summed E-state index contributed by atoms with van der Waals surface area (Å²) in [4.78, 5) is 13.0. The van der Waals surface area contributed by atoms with E-state index in [4.69, 9.17) is 23.2 Å². The number of halogens is 2. The smallest absolute Gasteiger partial charge is 0.272 e. The van der Waals surface area contributed by atoms with Gasteiger partial charge < -0.3 is 0 Å². The van der Waals surface area contributed by atoms with Crippen LogP contribution in [0.4, 0.5) is 0 Å². The van der Waals surface area contributed by atoms with Crippen LogP contribution in [-0.2, 0) is 0 Å². The summed E-state index contributed by atoms with van der Waals surface area (Å²) < 4.78 is 0.673. The van der Waals surface area contributed by atoms with Gasteiger partial charge in [-0.3, -0.25) is 9.89 Å². The molecule has 2 heterocycles. The van der Waals surface area contributed by atoms with E-state index >= 15 is 0 Å². The maximum absolute atomic E-state index is 12.2. The van der Waals surface area contributed by atoms with Gasteiger partial charge in [0.2, 0.25) is 0 Å². The third-order valence-corrected chi connectivity index (χ3v) is 4.81. The molecule has 3 rings (SSSR count). The molecule has 0 aliphatic rings. The zero-order chi connectivity index (χ0) is 17.1. The molecule has 0 fully saturated rings. The molecular formula is C16H12Cl2N4OS. The van der Waals surface area contributed by atoms with Gasteiger partial charge in [-0.2, -0.15) is 10.2 Å². The number of thiophene rings is 1. The Morgan fingerprint density at radius 2 is 1.96 bits per heavy atom. The number of hydrazone groups is 1. The van der Waals surface area contributed by atoms with E-state index in [1.165, 1.54) is 11.3 Å². The lowest BCUT2D eigenvalue weighted by Crippen LogP contribution is -2.19. The molecule has 0 bridgehead atoms. The number of benzene rings is 1. The first-order valence-corrected chi connectivity index (χ1v) is 8.52. The standard InChI is InChI=1S/C16H12Cl2N4OS/c1-9(14-6-7-15(18)24-14)19-22-16(23)13-8-12(20-21-13)10-2-4-11(17)5-3-10/h2-8H,1H3,(H,20,21)(H,22,23). The van der Waals surface area contributed by atoms with Crippen LogP contribution in [0.2, 0.25) is 9.36 Å². The van der Waals surface area contributed by atoms with Crippen molar-refractivity contribution in [1.29, 1.82) is 0 Å². The van der Waals surface area contributed by atoms with Crippen molar-refractivity contribution in [3.05, 3.63) is 62.4 Å². The largest absolute Gasteiger partial charge is 0.289 e. The molecule has 122 valence electrons. The van der Waals surface area contributed by atoms with Gasteiger partial charge in [0.1, 0.15) is 5.69 Å².